The Bertz CT molecular complexity index is 675. The van der Waals surface area contributed by atoms with Gasteiger partial charge in [-0.1, -0.05) is 36.4 Å². The second kappa shape index (κ2) is 7.68. The van der Waals surface area contributed by atoms with Crippen molar-refractivity contribution >= 4 is 17.2 Å². The van der Waals surface area contributed by atoms with Gasteiger partial charge in [-0.05, 0) is 23.4 Å². The summed E-state index contributed by atoms with van der Waals surface area (Å²) < 4.78 is 6.16. The Hall–Kier alpha value is -1.69. The zero-order valence-electron chi connectivity index (χ0n) is 14.3. The highest BCUT2D eigenvalue weighted by atomic mass is 32.1. The van der Waals surface area contributed by atoms with Crippen molar-refractivity contribution in [2.45, 2.75) is 38.1 Å². The van der Waals surface area contributed by atoms with Crippen LogP contribution in [-0.2, 0) is 22.6 Å². The van der Waals surface area contributed by atoms with Crippen molar-refractivity contribution in [1.82, 2.24) is 10.2 Å². The number of benzene rings is 1. The zero-order valence-corrected chi connectivity index (χ0v) is 15.1. The maximum atomic E-state index is 12.1. The molecule has 2 fully saturated rings. The van der Waals surface area contributed by atoms with Gasteiger partial charge in [0, 0.05) is 30.4 Å². The van der Waals surface area contributed by atoms with Crippen LogP contribution in [0.4, 0.5) is 0 Å². The molecule has 0 saturated carbocycles. The fourth-order valence-electron chi connectivity index (χ4n) is 3.93. The Balaban J connectivity index is 1.20. The first kappa shape index (κ1) is 16.8. The number of hydrogen-bond acceptors (Lipinski definition) is 4. The molecule has 3 atom stereocenters. The third kappa shape index (κ3) is 4.29. The second-order valence-electron chi connectivity index (χ2n) is 7.03. The quantitative estimate of drug-likeness (QED) is 0.865. The lowest BCUT2D eigenvalue weighted by atomic mass is 10.0. The van der Waals surface area contributed by atoms with Gasteiger partial charge >= 0.3 is 0 Å². The molecule has 132 valence electrons. The van der Waals surface area contributed by atoms with Gasteiger partial charge < -0.3 is 10.1 Å². The van der Waals surface area contributed by atoms with Crippen molar-refractivity contribution in [2.24, 2.45) is 5.92 Å². The lowest BCUT2D eigenvalue weighted by Crippen LogP contribution is -2.29. The standard InChI is InChI=1S/C20H24N2O2S/c23-20(21-11-18-7-4-8-25-18)10-17-9-16-13-22(14-19(16)24-17)12-15-5-2-1-3-6-15/h1-8,16-17,19H,9-14H2,(H,21,23)/t16-,17-,19+/m0/s1. The van der Waals surface area contributed by atoms with Crippen LogP contribution >= 0.6 is 11.3 Å². The molecule has 4 nitrogen and oxygen atoms in total. The molecule has 2 aliphatic rings. The highest BCUT2D eigenvalue weighted by Crippen LogP contribution is 2.34. The number of fused-ring (bicyclic) bond motifs is 1. The van der Waals surface area contributed by atoms with Crippen molar-refractivity contribution in [3.8, 4) is 0 Å². The smallest absolute Gasteiger partial charge is 0.222 e. The van der Waals surface area contributed by atoms with Crippen molar-refractivity contribution < 1.29 is 9.53 Å². The van der Waals surface area contributed by atoms with Gasteiger partial charge in [-0.3, -0.25) is 9.69 Å². The van der Waals surface area contributed by atoms with E-state index in [-0.39, 0.29) is 12.0 Å². The number of carbonyl (C=O) groups excluding carboxylic acids is 1. The summed E-state index contributed by atoms with van der Waals surface area (Å²) in [6.45, 7) is 3.67. The molecule has 1 aromatic carbocycles. The van der Waals surface area contributed by atoms with Gasteiger partial charge in [0.1, 0.15) is 0 Å². The van der Waals surface area contributed by atoms with Crippen molar-refractivity contribution in [1.29, 1.82) is 0 Å². The number of thiophene rings is 1. The highest BCUT2D eigenvalue weighted by Gasteiger charge is 2.42. The SMILES string of the molecule is O=C(C[C@@H]1C[C@H]2CN(Cc3ccccc3)C[C@H]2O1)NCc1cccs1. The van der Waals surface area contributed by atoms with Gasteiger partial charge in [0.2, 0.25) is 5.91 Å². The van der Waals surface area contributed by atoms with Gasteiger partial charge in [0.05, 0.1) is 25.2 Å². The van der Waals surface area contributed by atoms with Gasteiger partial charge in [-0.2, -0.15) is 0 Å². The average molecular weight is 356 g/mol. The van der Waals surface area contributed by atoms with Gasteiger partial charge in [-0.25, -0.2) is 0 Å². The van der Waals surface area contributed by atoms with E-state index in [0.29, 0.717) is 25.0 Å². The minimum atomic E-state index is 0.0808. The molecule has 1 amide bonds. The number of carbonyl (C=O) groups is 1. The Morgan fingerprint density at radius 3 is 2.84 bits per heavy atom. The summed E-state index contributed by atoms with van der Waals surface area (Å²) >= 11 is 1.67. The van der Waals surface area contributed by atoms with Gasteiger partial charge in [-0.15, -0.1) is 11.3 Å². The van der Waals surface area contributed by atoms with E-state index in [1.165, 1.54) is 10.4 Å². The predicted octanol–water partition coefficient (Wildman–Crippen LogP) is 3.04. The van der Waals surface area contributed by atoms with Gasteiger partial charge in [0.15, 0.2) is 0 Å². The predicted molar refractivity (Wildman–Crippen MR) is 99.3 cm³/mol. The molecule has 0 bridgehead atoms. The Morgan fingerprint density at radius 2 is 2.08 bits per heavy atom. The van der Waals surface area contributed by atoms with E-state index in [2.05, 4.69) is 40.5 Å². The highest BCUT2D eigenvalue weighted by molar-refractivity contribution is 7.09. The van der Waals surface area contributed by atoms with E-state index in [9.17, 15) is 4.79 Å². The van der Waals surface area contributed by atoms with Gasteiger partial charge in [0.25, 0.3) is 0 Å². The molecule has 0 spiro atoms. The lowest BCUT2D eigenvalue weighted by molar-refractivity contribution is -0.123. The van der Waals surface area contributed by atoms with E-state index < -0.39 is 0 Å². The summed E-state index contributed by atoms with van der Waals surface area (Å²) in [6, 6.07) is 14.6. The minimum absolute atomic E-state index is 0.0808. The van der Waals surface area contributed by atoms with Crippen LogP contribution in [0.2, 0.25) is 0 Å². The van der Waals surface area contributed by atoms with E-state index in [0.717, 1.165) is 26.1 Å². The largest absolute Gasteiger partial charge is 0.373 e. The third-order valence-electron chi connectivity index (χ3n) is 5.09. The molecule has 5 heteroatoms. The maximum absolute atomic E-state index is 12.1. The molecule has 0 aliphatic carbocycles. The first-order valence-corrected chi connectivity index (χ1v) is 9.85. The van der Waals surface area contributed by atoms with Crippen LogP contribution in [0.15, 0.2) is 47.8 Å². The zero-order chi connectivity index (χ0) is 17.1. The molecule has 2 aliphatic heterocycles. The van der Waals surface area contributed by atoms with Crippen LogP contribution in [-0.4, -0.2) is 36.1 Å². The minimum Gasteiger partial charge on any atom is -0.373 e. The van der Waals surface area contributed by atoms with Crippen LogP contribution in [0.5, 0.6) is 0 Å². The van der Waals surface area contributed by atoms with Crippen molar-refractivity contribution in [3.05, 3.63) is 58.3 Å². The van der Waals surface area contributed by atoms with Crippen LogP contribution < -0.4 is 5.32 Å². The lowest BCUT2D eigenvalue weighted by Gasteiger charge is -2.19. The topological polar surface area (TPSA) is 41.6 Å². The number of ether oxygens (including phenoxy) is 1. The molecular formula is C20H24N2O2S. The normalized spacial score (nSPS) is 25.8. The number of amides is 1. The average Bonchev–Trinajstić information content (AvgIpc) is 3.30. The summed E-state index contributed by atoms with van der Waals surface area (Å²) in [6.07, 6.45) is 1.86. The number of hydrogen-bond donors (Lipinski definition) is 1. The van der Waals surface area contributed by atoms with E-state index >= 15 is 0 Å². The maximum Gasteiger partial charge on any atom is 0.222 e. The molecule has 0 radical (unpaired) electrons. The molecule has 4 rings (SSSR count). The molecule has 3 heterocycles. The van der Waals surface area contributed by atoms with E-state index in [1.54, 1.807) is 11.3 Å². The van der Waals surface area contributed by atoms with Crippen LogP contribution in [0.1, 0.15) is 23.3 Å². The molecule has 1 aromatic heterocycles. The molecule has 0 unspecified atom stereocenters. The number of likely N-dealkylation sites (tertiary alicyclic amines) is 1. The number of nitrogens with one attached hydrogen (secondary N) is 1. The summed E-state index contributed by atoms with van der Waals surface area (Å²) in [7, 11) is 0. The number of rotatable bonds is 6. The van der Waals surface area contributed by atoms with Crippen LogP contribution in [0.25, 0.3) is 0 Å². The molecule has 2 aromatic rings. The first-order chi connectivity index (χ1) is 12.3. The Labute approximate surface area is 152 Å². The van der Waals surface area contributed by atoms with E-state index in [1.807, 2.05) is 17.5 Å². The molecular weight excluding hydrogens is 332 g/mol. The molecule has 1 N–H and O–H groups in total. The third-order valence-corrected chi connectivity index (χ3v) is 5.97. The van der Waals surface area contributed by atoms with Crippen molar-refractivity contribution in [3.63, 3.8) is 0 Å². The number of nitrogens with zero attached hydrogens (tertiary/aromatic N) is 1. The first-order valence-electron chi connectivity index (χ1n) is 8.97. The Morgan fingerprint density at radius 1 is 1.20 bits per heavy atom. The van der Waals surface area contributed by atoms with Crippen LogP contribution in [0.3, 0.4) is 0 Å². The van der Waals surface area contributed by atoms with Crippen LogP contribution in [0, 0.1) is 5.92 Å². The molecule has 2 saturated heterocycles. The fourth-order valence-corrected chi connectivity index (χ4v) is 4.57. The monoisotopic (exact) mass is 356 g/mol. The Kier molecular flexibility index (Phi) is 5.15. The second-order valence-corrected chi connectivity index (χ2v) is 8.06. The van der Waals surface area contributed by atoms with Crippen molar-refractivity contribution in [2.75, 3.05) is 13.1 Å². The fraction of sp³-hybridized carbons (Fsp3) is 0.450. The summed E-state index contributed by atoms with van der Waals surface area (Å²) in [5, 5.41) is 5.03. The summed E-state index contributed by atoms with van der Waals surface area (Å²) in [5.74, 6) is 0.665. The summed E-state index contributed by atoms with van der Waals surface area (Å²) in [4.78, 5) is 15.8. The molecule has 25 heavy (non-hydrogen) atoms. The van der Waals surface area contributed by atoms with E-state index in [4.69, 9.17) is 4.74 Å². The summed E-state index contributed by atoms with van der Waals surface area (Å²) in [5.41, 5.74) is 1.35.